The third-order valence-corrected chi connectivity index (χ3v) is 4.22. The van der Waals surface area contributed by atoms with Gasteiger partial charge in [0.2, 0.25) is 0 Å². The summed E-state index contributed by atoms with van der Waals surface area (Å²) in [6.07, 6.45) is 2.21. The van der Waals surface area contributed by atoms with Gasteiger partial charge in [0.1, 0.15) is 0 Å². The van der Waals surface area contributed by atoms with Crippen LogP contribution in [0, 0.1) is 5.92 Å². The molecule has 1 saturated heterocycles. The first kappa shape index (κ1) is 11.7. The minimum Gasteiger partial charge on any atom is -0.347 e. The van der Waals surface area contributed by atoms with Crippen molar-refractivity contribution >= 4 is 22.6 Å². The second-order valence-corrected chi connectivity index (χ2v) is 4.60. The lowest BCUT2D eigenvalue weighted by atomic mass is 10.1. The van der Waals surface area contributed by atoms with Crippen molar-refractivity contribution in [3.8, 4) is 0 Å². The van der Waals surface area contributed by atoms with Crippen LogP contribution in [0.3, 0.4) is 0 Å². The lowest BCUT2D eigenvalue weighted by Crippen LogP contribution is -2.30. The highest BCUT2D eigenvalue weighted by atomic mass is 127. The Morgan fingerprint density at radius 2 is 2.08 bits per heavy atom. The average Bonchev–Trinajstić information content (AvgIpc) is 2.61. The zero-order chi connectivity index (χ0) is 9.90. The summed E-state index contributed by atoms with van der Waals surface area (Å²) in [5.74, 6) is 0.325. The molecule has 1 aliphatic heterocycles. The molecule has 1 fully saturated rings. The first-order chi connectivity index (χ1) is 6.17. The van der Waals surface area contributed by atoms with Crippen LogP contribution < -0.4 is 0 Å². The molecule has 3 heteroatoms. The maximum absolute atomic E-state index is 5.97. The molecule has 0 bridgehead atoms. The molecule has 0 aromatic heterocycles. The largest absolute Gasteiger partial charge is 0.347 e. The lowest BCUT2D eigenvalue weighted by molar-refractivity contribution is -0.175. The number of rotatable bonds is 4. The maximum atomic E-state index is 5.97. The Morgan fingerprint density at radius 1 is 1.46 bits per heavy atom. The first-order valence-corrected chi connectivity index (χ1v) is 6.57. The van der Waals surface area contributed by atoms with E-state index in [1.807, 2.05) is 0 Å². The van der Waals surface area contributed by atoms with Crippen LogP contribution in [-0.2, 0) is 9.47 Å². The highest BCUT2D eigenvalue weighted by Crippen LogP contribution is 2.33. The van der Waals surface area contributed by atoms with Crippen molar-refractivity contribution in [2.75, 3.05) is 11.0 Å². The molecular formula is C10H19IO2. The van der Waals surface area contributed by atoms with E-state index in [2.05, 4.69) is 43.4 Å². The third-order valence-electron chi connectivity index (χ3n) is 2.83. The Morgan fingerprint density at radius 3 is 2.46 bits per heavy atom. The molecule has 0 unspecified atom stereocenters. The van der Waals surface area contributed by atoms with Gasteiger partial charge in [-0.3, -0.25) is 0 Å². The molecule has 0 N–H and O–H groups in total. The number of halogens is 1. The van der Waals surface area contributed by atoms with Crippen LogP contribution in [0.2, 0.25) is 0 Å². The quantitative estimate of drug-likeness (QED) is 0.587. The van der Waals surface area contributed by atoms with E-state index >= 15 is 0 Å². The molecule has 0 spiro atoms. The second kappa shape index (κ2) is 4.94. The summed E-state index contributed by atoms with van der Waals surface area (Å²) in [6.45, 7) is 7.24. The summed E-state index contributed by atoms with van der Waals surface area (Å²) in [5.41, 5.74) is 0. The van der Waals surface area contributed by atoms with Crippen molar-refractivity contribution in [1.29, 1.82) is 0 Å². The van der Waals surface area contributed by atoms with Crippen molar-refractivity contribution in [3.05, 3.63) is 0 Å². The number of hydrogen-bond donors (Lipinski definition) is 0. The van der Waals surface area contributed by atoms with E-state index < -0.39 is 0 Å². The normalized spacial score (nSPS) is 29.1. The Balaban J connectivity index is 2.51. The molecule has 0 radical (unpaired) electrons. The van der Waals surface area contributed by atoms with Crippen molar-refractivity contribution in [2.24, 2.45) is 5.92 Å². The Bertz CT molecular complexity index is 157. The summed E-state index contributed by atoms with van der Waals surface area (Å²) in [7, 11) is 0. The summed E-state index contributed by atoms with van der Waals surface area (Å²) in [6, 6.07) is 0. The zero-order valence-electron chi connectivity index (χ0n) is 8.68. The molecule has 2 atom stereocenters. The Labute approximate surface area is 94.5 Å². The van der Waals surface area contributed by atoms with E-state index in [0.29, 0.717) is 12.0 Å². The first-order valence-electron chi connectivity index (χ1n) is 5.05. The van der Waals surface area contributed by atoms with Crippen LogP contribution in [0.15, 0.2) is 0 Å². The molecule has 1 heterocycles. The molecule has 1 aliphatic rings. The lowest BCUT2D eigenvalue weighted by Gasteiger charge is -2.26. The Kier molecular flexibility index (Phi) is 4.45. The van der Waals surface area contributed by atoms with Gasteiger partial charge in [-0.2, -0.15) is 0 Å². The second-order valence-electron chi connectivity index (χ2n) is 3.72. The topological polar surface area (TPSA) is 18.5 Å². The van der Waals surface area contributed by atoms with Crippen molar-refractivity contribution < 1.29 is 9.47 Å². The van der Waals surface area contributed by atoms with Gasteiger partial charge in [-0.05, 0) is 18.8 Å². The molecule has 0 saturated carbocycles. The fraction of sp³-hybridized carbons (Fsp3) is 1.00. The number of alkyl halides is 1. The van der Waals surface area contributed by atoms with Crippen LogP contribution in [0.5, 0.6) is 0 Å². The third kappa shape index (κ3) is 2.57. The van der Waals surface area contributed by atoms with Gasteiger partial charge in [0.15, 0.2) is 5.79 Å². The molecule has 13 heavy (non-hydrogen) atoms. The van der Waals surface area contributed by atoms with Gasteiger partial charge in [0.25, 0.3) is 0 Å². The van der Waals surface area contributed by atoms with Crippen LogP contribution in [-0.4, -0.2) is 22.9 Å². The highest BCUT2D eigenvalue weighted by molar-refractivity contribution is 14.1. The van der Waals surface area contributed by atoms with Crippen LogP contribution in [0.4, 0.5) is 0 Å². The molecule has 0 amide bonds. The standard InChI is InChI=1S/C10H19IO2/c1-4-10(5-2)12-7-9(13-10)8(3)6-11/h8-9H,4-7H2,1-3H3/t8-,9+/m0/s1. The van der Waals surface area contributed by atoms with Gasteiger partial charge < -0.3 is 9.47 Å². The Hall–Kier alpha value is 0.650. The SMILES string of the molecule is CCC1(CC)OC[C@H]([C@@H](C)CI)O1. The van der Waals surface area contributed by atoms with E-state index in [1.54, 1.807) is 0 Å². The summed E-state index contributed by atoms with van der Waals surface area (Å²) in [4.78, 5) is 0. The maximum Gasteiger partial charge on any atom is 0.168 e. The molecule has 1 rings (SSSR count). The molecular weight excluding hydrogens is 279 g/mol. The molecule has 0 aromatic rings. The van der Waals surface area contributed by atoms with Gasteiger partial charge in [0, 0.05) is 4.43 Å². The van der Waals surface area contributed by atoms with E-state index in [1.165, 1.54) is 0 Å². The molecule has 0 aliphatic carbocycles. The predicted molar refractivity (Wildman–Crippen MR) is 62.2 cm³/mol. The van der Waals surface area contributed by atoms with Gasteiger partial charge in [-0.15, -0.1) is 0 Å². The highest BCUT2D eigenvalue weighted by Gasteiger charge is 2.40. The van der Waals surface area contributed by atoms with Crippen LogP contribution >= 0.6 is 22.6 Å². The fourth-order valence-electron chi connectivity index (χ4n) is 1.58. The smallest absolute Gasteiger partial charge is 0.168 e. The fourth-order valence-corrected chi connectivity index (χ4v) is 2.15. The van der Waals surface area contributed by atoms with Crippen molar-refractivity contribution in [2.45, 2.75) is 45.5 Å². The minimum atomic E-state index is -0.273. The van der Waals surface area contributed by atoms with Gasteiger partial charge >= 0.3 is 0 Å². The number of hydrogen-bond acceptors (Lipinski definition) is 2. The predicted octanol–water partition coefficient (Wildman–Crippen LogP) is 2.99. The van der Waals surface area contributed by atoms with Crippen LogP contribution in [0.1, 0.15) is 33.6 Å². The van der Waals surface area contributed by atoms with E-state index in [-0.39, 0.29) is 5.79 Å². The van der Waals surface area contributed by atoms with Gasteiger partial charge in [0.05, 0.1) is 12.7 Å². The number of ether oxygens (including phenoxy) is 2. The monoisotopic (exact) mass is 298 g/mol. The van der Waals surface area contributed by atoms with Crippen molar-refractivity contribution in [1.82, 2.24) is 0 Å². The zero-order valence-corrected chi connectivity index (χ0v) is 10.8. The average molecular weight is 298 g/mol. The molecule has 0 aromatic carbocycles. The van der Waals surface area contributed by atoms with Crippen LogP contribution in [0.25, 0.3) is 0 Å². The molecule has 78 valence electrons. The van der Waals surface area contributed by atoms with Gasteiger partial charge in [-0.1, -0.05) is 43.4 Å². The van der Waals surface area contributed by atoms with Crippen molar-refractivity contribution in [3.63, 3.8) is 0 Å². The molecule has 2 nitrogen and oxygen atoms in total. The summed E-state index contributed by atoms with van der Waals surface area (Å²) < 4.78 is 12.9. The van der Waals surface area contributed by atoms with E-state index in [9.17, 15) is 0 Å². The summed E-state index contributed by atoms with van der Waals surface area (Å²) in [5, 5.41) is 0. The van der Waals surface area contributed by atoms with Gasteiger partial charge in [-0.25, -0.2) is 0 Å². The summed E-state index contributed by atoms with van der Waals surface area (Å²) >= 11 is 2.40. The van der Waals surface area contributed by atoms with E-state index in [4.69, 9.17) is 9.47 Å². The minimum absolute atomic E-state index is 0.273. The van der Waals surface area contributed by atoms with E-state index in [0.717, 1.165) is 23.9 Å².